The Morgan fingerprint density at radius 2 is 1.84 bits per heavy atom. The first-order valence-electron chi connectivity index (χ1n) is 13.8. The number of allylic oxidation sites excluding steroid dienone is 1. The van der Waals surface area contributed by atoms with Crippen molar-refractivity contribution in [2.24, 2.45) is 5.10 Å². The van der Waals surface area contributed by atoms with E-state index in [1.165, 1.54) is 25.5 Å². The predicted molar refractivity (Wildman–Crippen MR) is 163 cm³/mol. The Balaban J connectivity index is 1.39. The van der Waals surface area contributed by atoms with Crippen molar-refractivity contribution in [3.05, 3.63) is 124 Å². The summed E-state index contributed by atoms with van der Waals surface area (Å²) in [5.74, 6) is 2.19. The van der Waals surface area contributed by atoms with Gasteiger partial charge in [0.05, 0.1) is 29.8 Å². The molecule has 0 unspecified atom stereocenters. The van der Waals surface area contributed by atoms with Crippen molar-refractivity contribution in [1.82, 2.24) is 9.66 Å². The van der Waals surface area contributed by atoms with E-state index in [0.717, 1.165) is 27.9 Å². The third-order valence-electron chi connectivity index (χ3n) is 7.08. The van der Waals surface area contributed by atoms with Gasteiger partial charge in [0.1, 0.15) is 6.61 Å². The summed E-state index contributed by atoms with van der Waals surface area (Å²) in [6.45, 7) is 4.24. The molecular weight excluding hydrogens is 587 g/mol. The Bertz CT molecular complexity index is 2000. The van der Waals surface area contributed by atoms with Crippen molar-refractivity contribution in [2.75, 3.05) is 13.9 Å². The minimum atomic E-state index is -4.58. The number of alkyl halides is 3. The minimum Gasteiger partial charge on any atom is -0.493 e. The highest BCUT2D eigenvalue weighted by molar-refractivity contribution is 5.83. The van der Waals surface area contributed by atoms with Crippen molar-refractivity contribution in [2.45, 2.75) is 19.2 Å². The molecule has 0 amide bonds. The molecule has 0 aliphatic carbocycles. The smallest absolute Gasteiger partial charge is 0.416 e. The summed E-state index contributed by atoms with van der Waals surface area (Å²) in [4.78, 5) is 18.1. The normalized spacial score (nSPS) is 12.5. The number of hydrogen-bond acceptors (Lipinski definition) is 7. The van der Waals surface area contributed by atoms with E-state index in [-0.39, 0.29) is 30.2 Å². The lowest BCUT2D eigenvalue weighted by Gasteiger charge is -2.16. The quantitative estimate of drug-likeness (QED) is 0.131. The fraction of sp³-hybridized carbons (Fsp3) is 0.147. The van der Waals surface area contributed by atoms with Gasteiger partial charge in [-0.15, -0.1) is 6.58 Å². The van der Waals surface area contributed by atoms with Gasteiger partial charge in [-0.2, -0.15) is 22.9 Å². The van der Waals surface area contributed by atoms with E-state index in [9.17, 15) is 18.0 Å². The summed E-state index contributed by atoms with van der Waals surface area (Å²) in [5.41, 5.74) is 1.17. The monoisotopic (exact) mass is 613 g/mol. The summed E-state index contributed by atoms with van der Waals surface area (Å²) < 4.78 is 64.3. The third kappa shape index (κ3) is 6.10. The minimum absolute atomic E-state index is 0.0389. The molecular formula is C34H26F3N3O5. The van der Waals surface area contributed by atoms with Crippen molar-refractivity contribution in [3.63, 3.8) is 0 Å². The van der Waals surface area contributed by atoms with Crippen LogP contribution < -0.4 is 24.5 Å². The van der Waals surface area contributed by atoms with Gasteiger partial charge in [0.25, 0.3) is 5.56 Å². The van der Waals surface area contributed by atoms with E-state index in [1.54, 1.807) is 36.4 Å². The first-order valence-corrected chi connectivity index (χ1v) is 13.8. The van der Waals surface area contributed by atoms with Crippen LogP contribution in [0.2, 0.25) is 0 Å². The maximum atomic E-state index is 13.6. The summed E-state index contributed by atoms with van der Waals surface area (Å²) >= 11 is 0. The molecule has 45 heavy (non-hydrogen) atoms. The van der Waals surface area contributed by atoms with Crippen LogP contribution in [0.3, 0.4) is 0 Å². The van der Waals surface area contributed by atoms with E-state index in [4.69, 9.17) is 18.9 Å². The van der Waals surface area contributed by atoms with E-state index in [1.807, 2.05) is 24.3 Å². The Morgan fingerprint density at radius 1 is 1.02 bits per heavy atom. The zero-order valence-corrected chi connectivity index (χ0v) is 24.0. The average Bonchev–Trinajstić information content (AvgIpc) is 3.51. The topological polar surface area (TPSA) is 84.2 Å². The number of ether oxygens (including phenoxy) is 4. The number of hydrogen-bond donors (Lipinski definition) is 0. The van der Waals surface area contributed by atoms with Crippen LogP contribution in [0.1, 0.15) is 22.3 Å². The standard InChI is InChI=1S/C34H26F3N3O5/c1-3-7-23-14-22(16-30(42-2)31(23)43-19-21-12-13-28-29(15-21)45-20-44-28)18-38-40-32(24-8-6-9-25(17-24)34(35,36)37)39-27-11-5-4-10-26(27)33(40)41/h3-6,8-18H,1,7,19-20H2,2H3. The molecule has 1 aromatic heterocycles. The summed E-state index contributed by atoms with van der Waals surface area (Å²) in [6.07, 6.45) is -1.01. The van der Waals surface area contributed by atoms with Crippen molar-refractivity contribution >= 4 is 17.1 Å². The van der Waals surface area contributed by atoms with E-state index in [0.29, 0.717) is 40.5 Å². The number of nitrogens with zero attached hydrogens (tertiary/aromatic N) is 3. The van der Waals surface area contributed by atoms with Crippen molar-refractivity contribution in [1.29, 1.82) is 0 Å². The molecule has 0 N–H and O–H groups in total. The fourth-order valence-corrected chi connectivity index (χ4v) is 4.94. The van der Waals surface area contributed by atoms with Crippen LogP contribution in [-0.4, -0.2) is 29.8 Å². The maximum absolute atomic E-state index is 13.6. The summed E-state index contributed by atoms with van der Waals surface area (Å²) in [6, 6.07) is 20.3. The lowest BCUT2D eigenvalue weighted by atomic mass is 10.1. The molecule has 0 atom stereocenters. The summed E-state index contributed by atoms with van der Waals surface area (Å²) in [7, 11) is 1.50. The van der Waals surface area contributed by atoms with Crippen LogP contribution in [0.25, 0.3) is 22.3 Å². The predicted octanol–water partition coefficient (Wildman–Crippen LogP) is 7.01. The molecule has 0 saturated carbocycles. The Morgan fingerprint density at radius 3 is 2.64 bits per heavy atom. The Kier molecular flexibility index (Phi) is 7.99. The van der Waals surface area contributed by atoms with Gasteiger partial charge < -0.3 is 18.9 Å². The number of rotatable bonds is 9. The maximum Gasteiger partial charge on any atom is 0.416 e. The average molecular weight is 614 g/mol. The Labute approximate surface area is 255 Å². The molecule has 8 nitrogen and oxygen atoms in total. The molecule has 0 bridgehead atoms. The SMILES string of the molecule is C=CCc1cc(C=Nn2c(-c3cccc(C(F)(F)F)c3)nc3ccccc3c2=O)cc(OC)c1OCc1ccc2c(c1)OCO2. The van der Waals surface area contributed by atoms with E-state index >= 15 is 0 Å². The highest BCUT2D eigenvalue weighted by atomic mass is 19.4. The number of para-hydroxylation sites is 1. The molecule has 0 saturated heterocycles. The molecule has 228 valence electrons. The number of halogens is 3. The molecule has 4 aromatic carbocycles. The first-order chi connectivity index (χ1) is 21.7. The van der Waals surface area contributed by atoms with Gasteiger partial charge in [-0.1, -0.05) is 36.4 Å². The van der Waals surface area contributed by atoms with E-state index < -0.39 is 17.3 Å². The van der Waals surface area contributed by atoms with Crippen LogP contribution in [-0.2, 0) is 19.2 Å². The highest BCUT2D eigenvalue weighted by Crippen LogP contribution is 2.36. The number of aromatic nitrogens is 2. The molecule has 11 heteroatoms. The van der Waals surface area contributed by atoms with Gasteiger partial charge in [-0.25, -0.2) is 4.98 Å². The van der Waals surface area contributed by atoms with E-state index in [2.05, 4.69) is 16.7 Å². The first kappa shape index (κ1) is 29.5. The molecule has 6 rings (SSSR count). The van der Waals surface area contributed by atoms with Gasteiger partial charge in [0.15, 0.2) is 28.8 Å². The van der Waals surface area contributed by atoms with Gasteiger partial charge in [-0.3, -0.25) is 4.79 Å². The largest absolute Gasteiger partial charge is 0.493 e. The van der Waals surface area contributed by atoms with Crippen LogP contribution in [0, 0.1) is 0 Å². The fourth-order valence-electron chi connectivity index (χ4n) is 4.94. The van der Waals surface area contributed by atoms with Crippen LogP contribution in [0.15, 0.2) is 101 Å². The molecule has 1 aliphatic heterocycles. The zero-order valence-electron chi connectivity index (χ0n) is 24.0. The second-order valence-electron chi connectivity index (χ2n) is 10.1. The van der Waals surface area contributed by atoms with Crippen LogP contribution in [0.5, 0.6) is 23.0 Å². The molecule has 0 spiro atoms. The second kappa shape index (κ2) is 12.2. The number of methoxy groups -OCH3 is 1. The van der Waals surface area contributed by atoms with Crippen molar-refractivity contribution in [3.8, 4) is 34.4 Å². The van der Waals surface area contributed by atoms with Crippen LogP contribution in [0.4, 0.5) is 13.2 Å². The Hall–Kier alpha value is -5.58. The molecule has 0 radical (unpaired) electrons. The highest BCUT2D eigenvalue weighted by Gasteiger charge is 2.31. The van der Waals surface area contributed by atoms with Gasteiger partial charge in [0, 0.05) is 11.1 Å². The third-order valence-corrected chi connectivity index (χ3v) is 7.08. The van der Waals surface area contributed by atoms with Gasteiger partial charge >= 0.3 is 6.18 Å². The molecule has 2 heterocycles. The van der Waals surface area contributed by atoms with Crippen LogP contribution >= 0.6 is 0 Å². The van der Waals surface area contributed by atoms with Gasteiger partial charge in [0.2, 0.25) is 6.79 Å². The molecule has 5 aromatic rings. The lowest BCUT2D eigenvalue weighted by molar-refractivity contribution is -0.137. The zero-order chi connectivity index (χ0) is 31.6. The molecule has 1 aliphatic rings. The van der Waals surface area contributed by atoms with Gasteiger partial charge in [-0.05, 0) is 66.1 Å². The van der Waals surface area contributed by atoms with Crippen molar-refractivity contribution < 1.29 is 32.1 Å². The summed E-state index contributed by atoms with van der Waals surface area (Å²) in [5, 5.41) is 4.68. The number of benzene rings is 4. The molecule has 0 fully saturated rings. The number of fused-ring (bicyclic) bond motifs is 2. The second-order valence-corrected chi connectivity index (χ2v) is 10.1. The lowest BCUT2D eigenvalue weighted by Crippen LogP contribution is -2.20.